The molecule has 2 aromatic heterocycles. The normalized spacial score (nSPS) is 21.1. The van der Waals surface area contributed by atoms with Crippen molar-refractivity contribution in [1.82, 2.24) is 25.5 Å². The van der Waals surface area contributed by atoms with Crippen molar-refractivity contribution in [2.45, 2.75) is 45.1 Å². The van der Waals surface area contributed by atoms with Crippen molar-refractivity contribution in [3.8, 4) is 17.3 Å². The fraction of sp³-hybridized carbons (Fsp3) is 0.476. The number of aromatic amines is 1. The Kier molecular flexibility index (Phi) is 3.90. The Labute approximate surface area is 158 Å². The molecule has 1 spiro atoms. The van der Waals surface area contributed by atoms with Crippen molar-refractivity contribution in [1.29, 1.82) is 0 Å². The second-order valence-electron chi connectivity index (χ2n) is 8.20. The summed E-state index contributed by atoms with van der Waals surface area (Å²) in [5.74, 6) is 1.05. The Morgan fingerprint density at radius 3 is 2.89 bits per heavy atom. The summed E-state index contributed by atoms with van der Waals surface area (Å²) in [4.78, 5) is 9.11. The lowest BCUT2D eigenvalue weighted by Gasteiger charge is -2.32. The number of ether oxygens (including phenoxy) is 1. The molecule has 0 amide bonds. The third-order valence-corrected chi connectivity index (χ3v) is 6.08. The molecule has 2 N–H and O–H groups in total. The first-order valence-electron chi connectivity index (χ1n) is 9.82. The summed E-state index contributed by atoms with van der Waals surface area (Å²) in [7, 11) is 0. The second kappa shape index (κ2) is 6.30. The van der Waals surface area contributed by atoms with Gasteiger partial charge >= 0.3 is 0 Å². The van der Waals surface area contributed by atoms with E-state index in [-0.39, 0.29) is 6.10 Å². The van der Waals surface area contributed by atoms with Gasteiger partial charge in [-0.2, -0.15) is 5.10 Å². The summed E-state index contributed by atoms with van der Waals surface area (Å²) in [6.07, 6.45) is 7.36. The van der Waals surface area contributed by atoms with Crippen LogP contribution < -0.4 is 10.1 Å². The van der Waals surface area contributed by atoms with Crippen LogP contribution in [0.5, 0.6) is 5.88 Å². The molecule has 140 valence electrons. The third kappa shape index (κ3) is 2.98. The summed E-state index contributed by atoms with van der Waals surface area (Å²) in [5.41, 5.74) is 4.22. The van der Waals surface area contributed by atoms with Crippen LogP contribution in [0.4, 0.5) is 0 Å². The van der Waals surface area contributed by atoms with Gasteiger partial charge in [-0.1, -0.05) is 19.9 Å². The largest absolute Gasteiger partial charge is 0.471 e. The SMILES string of the molecule is CC(C)c1ccc2[nH]nc(-c3cncc(O[C@H]4CNCCC45CC5)n3)c2c1. The van der Waals surface area contributed by atoms with Crippen molar-refractivity contribution in [2.75, 3.05) is 13.1 Å². The van der Waals surface area contributed by atoms with Gasteiger partial charge in [0.1, 0.15) is 17.5 Å². The first-order valence-corrected chi connectivity index (χ1v) is 9.82. The summed E-state index contributed by atoms with van der Waals surface area (Å²) >= 11 is 0. The molecule has 1 aliphatic carbocycles. The second-order valence-corrected chi connectivity index (χ2v) is 8.20. The molecule has 6 heteroatoms. The quantitative estimate of drug-likeness (QED) is 0.740. The Morgan fingerprint density at radius 2 is 2.07 bits per heavy atom. The van der Waals surface area contributed by atoms with Gasteiger partial charge in [-0.3, -0.25) is 10.1 Å². The van der Waals surface area contributed by atoms with Crippen LogP contribution >= 0.6 is 0 Å². The highest BCUT2D eigenvalue weighted by molar-refractivity contribution is 5.92. The maximum absolute atomic E-state index is 6.27. The molecule has 5 rings (SSSR count). The predicted molar refractivity (Wildman–Crippen MR) is 105 cm³/mol. The van der Waals surface area contributed by atoms with Crippen LogP contribution in [0.2, 0.25) is 0 Å². The number of hydrogen-bond acceptors (Lipinski definition) is 5. The fourth-order valence-electron chi connectivity index (χ4n) is 4.10. The lowest BCUT2D eigenvalue weighted by Crippen LogP contribution is -2.45. The van der Waals surface area contributed by atoms with E-state index in [0.717, 1.165) is 35.4 Å². The molecular formula is C21H25N5O. The summed E-state index contributed by atoms with van der Waals surface area (Å²) in [6, 6.07) is 6.42. The number of nitrogens with one attached hydrogen (secondary N) is 2. The first-order chi connectivity index (χ1) is 13.1. The number of piperidine rings is 1. The lowest BCUT2D eigenvalue weighted by molar-refractivity contribution is 0.0844. The minimum absolute atomic E-state index is 0.180. The maximum atomic E-state index is 6.27. The summed E-state index contributed by atoms with van der Waals surface area (Å²) in [6.45, 7) is 6.36. The van der Waals surface area contributed by atoms with Crippen LogP contribution in [0, 0.1) is 5.41 Å². The van der Waals surface area contributed by atoms with Gasteiger partial charge in [0.05, 0.1) is 17.9 Å². The van der Waals surface area contributed by atoms with Gasteiger partial charge in [0.15, 0.2) is 0 Å². The number of aromatic nitrogens is 4. The van der Waals surface area contributed by atoms with Gasteiger partial charge in [0.2, 0.25) is 5.88 Å². The zero-order chi connectivity index (χ0) is 18.4. The molecule has 3 aromatic rings. The molecule has 1 atom stereocenters. The van der Waals surface area contributed by atoms with Crippen LogP contribution in [0.3, 0.4) is 0 Å². The molecule has 1 aromatic carbocycles. The topological polar surface area (TPSA) is 75.7 Å². The highest BCUT2D eigenvalue weighted by Crippen LogP contribution is 2.53. The smallest absolute Gasteiger partial charge is 0.233 e. The van der Waals surface area contributed by atoms with Gasteiger partial charge in [-0.25, -0.2) is 4.98 Å². The third-order valence-electron chi connectivity index (χ3n) is 6.08. The highest BCUT2D eigenvalue weighted by Gasteiger charge is 2.52. The molecule has 6 nitrogen and oxygen atoms in total. The molecule has 0 bridgehead atoms. The van der Waals surface area contributed by atoms with Gasteiger partial charge in [-0.05, 0) is 49.4 Å². The number of fused-ring (bicyclic) bond motifs is 1. The molecule has 2 aliphatic rings. The van der Waals surface area contributed by atoms with Crippen LogP contribution in [0.15, 0.2) is 30.6 Å². The van der Waals surface area contributed by atoms with E-state index in [2.05, 4.69) is 52.5 Å². The van der Waals surface area contributed by atoms with Crippen molar-refractivity contribution >= 4 is 10.9 Å². The predicted octanol–water partition coefficient (Wildman–Crippen LogP) is 3.66. The van der Waals surface area contributed by atoms with E-state index >= 15 is 0 Å². The Hall–Kier alpha value is -2.47. The van der Waals surface area contributed by atoms with Crippen molar-refractivity contribution in [3.05, 3.63) is 36.2 Å². The van der Waals surface area contributed by atoms with Gasteiger partial charge in [0, 0.05) is 17.3 Å². The summed E-state index contributed by atoms with van der Waals surface area (Å²) < 4.78 is 6.27. The van der Waals surface area contributed by atoms with Crippen LogP contribution in [-0.4, -0.2) is 39.4 Å². The number of H-pyrrole nitrogens is 1. The van der Waals surface area contributed by atoms with E-state index in [9.17, 15) is 0 Å². The Bertz CT molecular complexity index is 976. The monoisotopic (exact) mass is 363 g/mol. The van der Waals surface area contributed by atoms with Gasteiger partial charge in [-0.15, -0.1) is 0 Å². The molecular weight excluding hydrogens is 338 g/mol. The van der Waals surface area contributed by atoms with Gasteiger partial charge < -0.3 is 10.1 Å². The minimum Gasteiger partial charge on any atom is -0.471 e. The van der Waals surface area contributed by atoms with E-state index in [1.807, 2.05) is 0 Å². The molecule has 0 radical (unpaired) electrons. The number of nitrogens with zero attached hydrogens (tertiary/aromatic N) is 3. The van der Waals surface area contributed by atoms with Crippen LogP contribution in [0.1, 0.15) is 44.6 Å². The van der Waals surface area contributed by atoms with E-state index in [0.29, 0.717) is 17.2 Å². The average molecular weight is 363 g/mol. The summed E-state index contributed by atoms with van der Waals surface area (Å²) in [5, 5.41) is 12.1. The number of benzene rings is 1. The lowest BCUT2D eigenvalue weighted by atomic mass is 9.92. The van der Waals surface area contributed by atoms with Crippen molar-refractivity contribution in [3.63, 3.8) is 0 Å². The zero-order valence-electron chi connectivity index (χ0n) is 15.8. The Balaban J connectivity index is 1.47. The maximum Gasteiger partial charge on any atom is 0.233 e. The molecule has 0 unspecified atom stereocenters. The molecule has 1 saturated heterocycles. The molecule has 1 aliphatic heterocycles. The van der Waals surface area contributed by atoms with E-state index in [1.165, 1.54) is 24.8 Å². The molecule has 3 heterocycles. The molecule has 1 saturated carbocycles. The Morgan fingerprint density at radius 1 is 1.19 bits per heavy atom. The van der Waals surface area contributed by atoms with Crippen molar-refractivity contribution in [2.24, 2.45) is 5.41 Å². The van der Waals surface area contributed by atoms with Crippen LogP contribution in [0.25, 0.3) is 22.3 Å². The van der Waals surface area contributed by atoms with Gasteiger partial charge in [0.25, 0.3) is 0 Å². The first kappa shape index (κ1) is 16.7. The van der Waals surface area contributed by atoms with E-state index in [1.54, 1.807) is 12.4 Å². The minimum atomic E-state index is 0.180. The molecule has 2 fully saturated rings. The number of hydrogen-bond donors (Lipinski definition) is 2. The zero-order valence-corrected chi connectivity index (χ0v) is 15.8. The van der Waals surface area contributed by atoms with E-state index < -0.39 is 0 Å². The average Bonchev–Trinajstić information content (AvgIpc) is 3.32. The van der Waals surface area contributed by atoms with Crippen molar-refractivity contribution < 1.29 is 4.74 Å². The highest BCUT2D eigenvalue weighted by atomic mass is 16.5. The fourth-order valence-corrected chi connectivity index (χ4v) is 4.10. The van der Waals surface area contributed by atoms with Crippen LogP contribution in [-0.2, 0) is 0 Å². The standard InChI is InChI=1S/C21H25N5O/c1-13(2)14-3-4-16-15(9-14)20(26-25-16)17-10-23-12-19(24-17)27-18-11-22-8-7-21(18)5-6-21/h3-4,9-10,12-13,18,22H,5-8,11H2,1-2H3,(H,25,26)/t18-/m0/s1. The number of rotatable bonds is 4. The van der Waals surface area contributed by atoms with E-state index in [4.69, 9.17) is 9.72 Å². The molecule has 27 heavy (non-hydrogen) atoms.